The van der Waals surface area contributed by atoms with Crippen LogP contribution in [0, 0.1) is 6.92 Å². The predicted octanol–water partition coefficient (Wildman–Crippen LogP) is 3.08. The van der Waals surface area contributed by atoms with Crippen LogP contribution in [0.15, 0.2) is 36.5 Å². The second-order valence-electron chi connectivity index (χ2n) is 4.99. The number of hydrogen-bond donors (Lipinski definition) is 0. The first-order valence-electron chi connectivity index (χ1n) is 6.77. The van der Waals surface area contributed by atoms with Crippen LogP contribution >= 0.6 is 11.6 Å². The fourth-order valence-electron chi connectivity index (χ4n) is 2.35. The second kappa shape index (κ2) is 5.74. The Balaban J connectivity index is 1.88. The average Bonchev–Trinajstić information content (AvgIpc) is 2.68. The van der Waals surface area contributed by atoms with Crippen molar-refractivity contribution in [3.63, 3.8) is 0 Å². The van der Waals surface area contributed by atoms with E-state index in [-0.39, 0.29) is 5.91 Å². The highest BCUT2D eigenvalue weighted by Crippen LogP contribution is 2.25. The molecular formula is C16H15ClN2O2. The van der Waals surface area contributed by atoms with Crippen molar-refractivity contribution in [1.82, 2.24) is 9.88 Å². The molecular weight excluding hydrogens is 288 g/mol. The molecule has 5 heteroatoms. The van der Waals surface area contributed by atoms with Gasteiger partial charge >= 0.3 is 0 Å². The number of rotatable bonds is 1. The lowest BCUT2D eigenvalue weighted by atomic mass is 10.1. The minimum Gasteiger partial charge on any atom is -0.491 e. The van der Waals surface area contributed by atoms with E-state index < -0.39 is 0 Å². The zero-order chi connectivity index (χ0) is 14.8. The van der Waals surface area contributed by atoms with Gasteiger partial charge in [-0.15, -0.1) is 0 Å². The summed E-state index contributed by atoms with van der Waals surface area (Å²) in [6.07, 6.45) is 1.54. The number of amides is 1. The lowest BCUT2D eigenvalue weighted by Gasteiger charge is -2.20. The maximum absolute atomic E-state index is 12.6. The first kappa shape index (κ1) is 13.9. The first-order valence-corrected chi connectivity index (χ1v) is 7.15. The van der Waals surface area contributed by atoms with E-state index in [9.17, 15) is 4.79 Å². The first-order chi connectivity index (χ1) is 10.1. The van der Waals surface area contributed by atoms with Gasteiger partial charge in [-0.2, -0.15) is 0 Å². The van der Waals surface area contributed by atoms with Crippen molar-refractivity contribution in [1.29, 1.82) is 0 Å². The van der Waals surface area contributed by atoms with Crippen LogP contribution in [-0.4, -0.2) is 28.9 Å². The zero-order valence-corrected chi connectivity index (χ0v) is 12.4. The molecule has 2 aromatic rings. The molecule has 0 unspecified atom stereocenters. The molecule has 21 heavy (non-hydrogen) atoms. The Bertz CT molecular complexity index is 688. The molecule has 108 valence electrons. The zero-order valence-electron chi connectivity index (χ0n) is 11.7. The van der Waals surface area contributed by atoms with Gasteiger partial charge in [0.05, 0.1) is 17.1 Å². The molecule has 0 saturated carbocycles. The van der Waals surface area contributed by atoms with Crippen LogP contribution in [-0.2, 0) is 6.54 Å². The Kier molecular flexibility index (Phi) is 3.80. The van der Waals surface area contributed by atoms with E-state index in [4.69, 9.17) is 16.3 Å². The number of hydrogen-bond acceptors (Lipinski definition) is 3. The highest BCUT2D eigenvalue weighted by Gasteiger charge is 2.22. The Hall–Kier alpha value is -2.07. The highest BCUT2D eigenvalue weighted by molar-refractivity contribution is 6.33. The van der Waals surface area contributed by atoms with Crippen molar-refractivity contribution < 1.29 is 9.53 Å². The quantitative estimate of drug-likeness (QED) is 0.813. The third-order valence-corrected chi connectivity index (χ3v) is 3.77. The largest absolute Gasteiger partial charge is 0.491 e. The summed E-state index contributed by atoms with van der Waals surface area (Å²) in [5.74, 6) is 0.716. The molecule has 0 bridgehead atoms. The number of ether oxygens (including phenoxy) is 1. The Morgan fingerprint density at radius 1 is 1.38 bits per heavy atom. The Labute approximate surface area is 128 Å². The van der Waals surface area contributed by atoms with Crippen LogP contribution in [0.25, 0.3) is 0 Å². The van der Waals surface area contributed by atoms with E-state index >= 15 is 0 Å². The number of fused-ring (bicyclic) bond motifs is 1. The van der Waals surface area contributed by atoms with Gasteiger partial charge in [-0.3, -0.25) is 9.78 Å². The monoisotopic (exact) mass is 302 g/mol. The number of carbonyl (C=O) groups is 1. The van der Waals surface area contributed by atoms with Gasteiger partial charge in [0.25, 0.3) is 5.91 Å². The summed E-state index contributed by atoms with van der Waals surface area (Å²) in [4.78, 5) is 18.5. The molecule has 1 aromatic carbocycles. The number of carbonyl (C=O) groups excluding carboxylic acids is 1. The van der Waals surface area contributed by atoms with Crippen molar-refractivity contribution in [2.45, 2.75) is 13.5 Å². The highest BCUT2D eigenvalue weighted by atomic mass is 35.5. The fourth-order valence-corrected chi connectivity index (χ4v) is 2.64. The van der Waals surface area contributed by atoms with Crippen molar-refractivity contribution in [3.8, 4) is 5.75 Å². The molecule has 1 aliphatic rings. The van der Waals surface area contributed by atoms with E-state index in [1.807, 2.05) is 31.2 Å². The number of aryl methyl sites for hydroxylation is 1. The van der Waals surface area contributed by atoms with E-state index in [0.717, 1.165) is 17.0 Å². The van der Waals surface area contributed by atoms with E-state index in [2.05, 4.69) is 4.98 Å². The molecule has 0 N–H and O–H groups in total. The average molecular weight is 303 g/mol. The Morgan fingerprint density at radius 3 is 3.00 bits per heavy atom. The summed E-state index contributed by atoms with van der Waals surface area (Å²) >= 11 is 6.17. The fraction of sp³-hybridized carbons (Fsp3) is 0.250. The number of benzene rings is 1. The maximum Gasteiger partial charge on any atom is 0.257 e. The van der Waals surface area contributed by atoms with Crippen LogP contribution in [0.2, 0.25) is 5.02 Å². The summed E-state index contributed by atoms with van der Waals surface area (Å²) in [5, 5.41) is 0.436. The molecule has 2 heterocycles. The predicted molar refractivity (Wildman–Crippen MR) is 80.7 cm³/mol. The lowest BCUT2D eigenvalue weighted by Crippen LogP contribution is -2.32. The summed E-state index contributed by atoms with van der Waals surface area (Å²) in [6, 6.07) is 9.46. The standard InChI is InChI=1S/C16H15ClN2O2/c1-11-8-14(17)13(9-18-11)16(20)19-6-7-21-15-5-3-2-4-12(15)10-19/h2-5,8-9H,6-7,10H2,1H3. The van der Waals surface area contributed by atoms with Crippen molar-refractivity contribution in [2.24, 2.45) is 0 Å². The maximum atomic E-state index is 12.6. The van der Waals surface area contributed by atoms with Crippen LogP contribution < -0.4 is 4.74 Å². The molecule has 4 nitrogen and oxygen atoms in total. The summed E-state index contributed by atoms with van der Waals surface area (Å²) < 4.78 is 5.67. The molecule has 1 amide bonds. The van der Waals surface area contributed by atoms with Gasteiger partial charge < -0.3 is 9.64 Å². The van der Waals surface area contributed by atoms with Crippen molar-refractivity contribution in [3.05, 3.63) is 58.4 Å². The number of nitrogens with zero attached hydrogens (tertiary/aromatic N) is 2. The van der Waals surface area contributed by atoms with Gasteiger partial charge in [0, 0.05) is 24.0 Å². The molecule has 3 rings (SSSR count). The molecule has 0 aliphatic carbocycles. The second-order valence-corrected chi connectivity index (χ2v) is 5.40. The number of pyridine rings is 1. The van der Waals surface area contributed by atoms with Gasteiger partial charge in [0.1, 0.15) is 12.4 Å². The summed E-state index contributed by atoms with van der Waals surface area (Å²) in [5.41, 5.74) is 2.22. The third kappa shape index (κ3) is 2.85. The van der Waals surface area contributed by atoms with Crippen LogP contribution in [0.4, 0.5) is 0 Å². The molecule has 0 fully saturated rings. The van der Waals surface area contributed by atoms with Crippen molar-refractivity contribution in [2.75, 3.05) is 13.2 Å². The number of aromatic nitrogens is 1. The van der Waals surface area contributed by atoms with E-state index in [1.165, 1.54) is 6.20 Å². The van der Waals surface area contributed by atoms with E-state index in [1.54, 1.807) is 11.0 Å². The lowest BCUT2D eigenvalue weighted by molar-refractivity contribution is 0.0733. The number of para-hydroxylation sites is 1. The topological polar surface area (TPSA) is 42.4 Å². The van der Waals surface area contributed by atoms with Gasteiger partial charge in [0.2, 0.25) is 0 Å². The molecule has 1 aliphatic heterocycles. The third-order valence-electron chi connectivity index (χ3n) is 3.46. The minimum absolute atomic E-state index is 0.118. The molecule has 0 saturated heterocycles. The van der Waals surface area contributed by atoms with Crippen LogP contribution in [0.3, 0.4) is 0 Å². The molecule has 1 aromatic heterocycles. The van der Waals surface area contributed by atoms with Crippen LogP contribution in [0.1, 0.15) is 21.6 Å². The van der Waals surface area contributed by atoms with Gasteiger partial charge in [-0.1, -0.05) is 29.8 Å². The van der Waals surface area contributed by atoms with Gasteiger partial charge in [0.15, 0.2) is 0 Å². The molecule has 0 radical (unpaired) electrons. The Morgan fingerprint density at radius 2 is 2.19 bits per heavy atom. The smallest absolute Gasteiger partial charge is 0.257 e. The molecule has 0 atom stereocenters. The summed E-state index contributed by atoms with van der Waals surface area (Å²) in [6.45, 7) is 3.35. The van der Waals surface area contributed by atoms with Gasteiger partial charge in [-0.25, -0.2) is 0 Å². The summed E-state index contributed by atoms with van der Waals surface area (Å²) in [7, 11) is 0. The SMILES string of the molecule is Cc1cc(Cl)c(C(=O)N2CCOc3ccccc3C2)cn1. The van der Waals surface area contributed by atoms with Crippen molar-refractivity contribution >= 4 is 17.5 Å². The molecule has 0 spiro atoms. The number of halogens is 1. The normalized spacial score (nSPS) is 14.1. The minimum atomic E-state index is -0.118. The van der Waals surface area contributed by atoms with Gasteiger partial charge in [-0.05, 0) is 19.1 Å². The van der Waals surface area contributed by atoms with Crippen LogP contribution in [0.5, 0.6) is 5.75 Å². The van der Waals surface area contributed by atoms with E-state index in [0.29, 0.717) is 30.3 Å².